The molecule has 2 atom stereocenters. The molecule has 0 radical (unpaired) electrons. The second-order valence-corrected chi connectivity index (χ2v) is 14.6. The van der Waals surface area contributed by atoms with Crippen LogP contribution in [0.5, 0.6) is 17.2 Å². The van der Waals surface area contributed by atoms with Gasteiger partial charge in [0.05, 0.1) is 28.6 Å². The van der Waals surface area contributed by atoms with Crippen molar-refractivity contribution in [2.75, 3.05) is 12.9 Å². The lowest BCUT2D eigenvalue weighted by atomic mass is 10.1. The van der Waals surface area contributed by atoms with E-state index in [0.29, 0.717) is 11.5 Å². The molecule has 0 saturated carbocycles. The maximum atomic E-state index is 12.9. The Hall–Kier alpha value is -1.79. The van der Waals surface area contributed by atoms with Crippen molar-refractivity contribution in [1.29, 1.82) is 0 Å². The number of benzene rings is 2. The molecule has 2 aromatic rings. The second kappa shape index (κ2) is 7.32. The van der Waals surface area contributed by atoms with Gasteiger partial charge in [0.1, 0.15) is 23.4 Å². The molecule has 6 heteroatoms. The first-order valence-electron chi connectivity index (χ1n) is 9.13. The van der Waals surface area contributed by atoms with Gasteiger partial charge in [-0.1, -0.05) is 32.9 Å². The maximum Gasteiger partial charge on any atom is 0.250 e. The monoisotopic (exact) mass is 404 g/mol. The van der Waals surface area contributed by atoms with Crippen LogP contribution in [-0.4, -0.2) is 25.4 Å². The van der Waals surface area contributed by atoms with Gasteiger partial charge in [0.25, 0.3) is 0 Å². The molecular formula is C21H28O4SSi. The Labute approximate surface area is 165 Å². The molecule has 27 heavy (non-hydrogen) atoms. The average Bonchev–Trinajstić information content (AvgIpc) is 2.61. The molecule has 0 bridgehead atoms. The van der Waals surface area contributed by atoms with Gasteiger partial charge in [-0.05, 0) is 54.0 Å². The second-order valence-electron chi connectivity index (χ2n) is 8.36. The first-order chi connectivity index (χ1) is 12.6. The zero-order chi connectivity index (χ0) is 19.8. The number of hydrogen-bond acceptors (Lipinski definition) is 4. The number of methoxy groups -OCH3 is 1. The van der Waals surface area contributed by atoms with Gasteiger partial charge in [0.15, 0.2) is 0 Å². The summed E-state index contributed by atoms with van der Waals surface area (Å²) in [6.45, 7) is 11.0. The van der Waals surface area contributed by atoms with Crippen LogP contribution >= 0.6 is 0 Å². The lowest BCUT2D eigenvalue weighted by Gasteiger charge is -2.36. The number of ether oxygens (including phenoxy) is 2. The fourth-order valence-corrected chi connectivity index (χ4v) is 5.00. The summed E-state index contributed by atoms with van der Waals surface area (Å²) in [5, 5.41) is 0.109. The van der Waals surface area contributed by atoms with Crippen molar-refractivity contribution in [1.82, 2.24) is 0 Å². The summed E-state index contributed by atoms with van der Waals surface area (Å²) < 4.78 is 30.6. The lowest BCUT2D eigenvalue weighted by Crippen LogP contribution is -2.43. The molecule has 1 aliphatic rings. The molecule has 0 amide bonds. The molecule has 0 N–H and O–H groups in total. The molecule has 4 nitrogen and oxygen atoms in total. The number of fused-ring (bicyclic) bond motifs is 1. The fraction of sp³-hybridized carbons (Fsp3) is 0.429. The SMILES string of the molecule is COc1ccc([C@@H]2CS(=O)c3cc(O[Si](C)(C)C(C)(C)C)ccc3O2)cc1. The first-order valence-corrected chi connectivity index (χ1v) is 13.4. The summed E-state index contributed by atoms with van der Waals surface area (Å²) in [5.74, 6) is 2.68. The standard InChI is InChI=1S/C21H28O4SSi/c1-21(2,3)27(5,6)25-17-11-12-18-20(13-17)26(22)14-19(24-18)15-7-9-16(23-4)10-8-15/h7-13,19H,14H2,1-6H3/t19-,26?/m0/s1. The van der Waals surface area contributed by atoms with E-state index in [2.05, 4.69) is 33.9 Å². The van der Waals surface area contributed by atoms with E-state index in [1.165, 1.54) is 0 Å². The normalized spacial score (nSPS) is 19.8. The molecule has 0 aliphatic carbocycles. The van der Waals surface area contributed by atoms with Crippen LogP contribution in [0.3, 0.4) is 0 Å². The van der Waals surface area contributed by atoms with Crippen LogP contribution in [-0.2, 0) is 10.8 Å². The van der Waals surface area contributed by atoms with Crippen LogP contribution in [0.25, 0.3) is 0 Å². The smallest absolute Gasteiger partial charge is 0.250 e. The van der Waals surface area contributed by atoms with Crippen LogP contribution in [0, 0.1) is 0 Å². The van der Waals surface area contributed by atoms with Crippen molar-refractivity contribution in [2.24, 2.45) is 0 Å². The van der Waals surface area contributed by atoms with Crippen LogP contribution in [0.15, 0.2) is 47.4 Å². The largest absolute Gasteiger partial charge is 0.543 e. The van der Waals surface area contributed by atoms with Crippen molar-refractivity contribution >= 4 is 19.1 Å². The molecule has 0 fully saturated rings. The van der Waals surface area contributed by atoms with E-state index < -0.39 is 19.1 Å². The van der Waals surface area contributed by atoms with Crippen LogP contribution in [0.2, 0.25) is 18.1 Å². The van der Waals surface area contributed by atoms with E-state index in [0.717, 1.165) is 22.0 Å². The minimum atomic E-state index is -1.94. The van der Waals surface area contributed by atoms with Gasteiger partial charge in [-0.15, -0.1) is 0 Å². The van der Waals surface area contributed by atoms with E-state index in [1.54, 1.807) is 7.11 Å². The molecule has 0 aromatic heterocycles. The summed E-state index contributed by atoms with van der Waals surface area (Å²) in [6.07, 6.45) is -0.226. The zero-order valence-electron chi connectivity index (χ0n) is 16.9. The van der Waals surface area contributed by atoms with E-state index in [9.17, 15) is 4.21 Å². The highest BCUT2D eigenvalue weighted by Gasteiger charge is 2.39. The fourth-order valence-electron chi connectivity index (χ4n) is 2.67. The molecule has 0 spiro atoms. The molecule has 1 unspecified atom stereocenters. The Kier molecular flexibility index (Phi) is 5.41. The van der Waals surface area contributed by atoms with Crippen LogP contribution < -0.4 is 13.9 Å². The van der Waals surface area contributed by atoms with Crippen molar-refractivity contribution in [3.8, 4) is 17.2 Å². The molecule has 146 valence electrons. The van der Waals surface area contributed by atoms with Crippen molar-refractivity contribution < 1.29 is 18.1 Å². The predicted molar refractivity (Wildman–Crippen MR) is 112 cm³/mol. The maximum absolute atomic E-state index is 12.9. The topological polar surface area (TPSA) is 44.8 Å². The van der Waals surface area contributed by atoms with E-state index in [-0.39, 0.29) is 11.1 Å². The number of hydrogen-bond donors (Lipinski definition) is 0. The predicted octanol–water partition coefficient (Wildman–Crippen LogP) is 5.32. The molecule has 3 rings (SSSR count). The highest BCUT2D eigenvalue weighted by atomic mass is 32.2. The van der Waals surface area contributed by atoms with Gasteiger partial charge in [-0.2, -0.15) is 0 Å². The summed E-state index contributed by atoms with van der Waals surface area (Å²) in [4.78, 5) is 0.718. The Morgan fingerprint density at radius 1 is 1.07 bits per heavy atom. The quantitative estimate of drug-likeness (QED) is 0.647. The van der Waals surface area contributed by atoms with Crippen LogP contribution in [0.4, 0.5) is 0 Å². The third kappa shape index (κ3) is 4.22. The summed E-state index contributed by atoms with van der Waals surface area (Å²) in [7, 11) is -1.43. The summed E-state index contributed by atoms with van der Waals surface area (Å²) in [5.41, 5.74) is 0.997. The van der Waals surface area contributed by atoms with E-state index in [1.807, 2.05) is 42.5 Å². The Morgan fingerprint density at radius 2 is 1.70 bits per heavy atom. The third-order valence-corrected chi connectivity index (χ3v) is 11.2. The van der Waals surface area contributed by atoms with E-state index in [4.69, 9.17) is 13.9 Å². The molecular weight excluding hydrogens is 376 g/mol. The van der Waals surface area contributed by atoms with Gasteiger partial charge in [-0.3, -0.25) is 4.21 Å². The van der Waals surface area contributed by atoms with Crippen LogP contribution in [0.1, 0.15) is 32.4 Å². The Balaban J connectivity index is 1.82. The number of rotatable bonds is 4. The van der Waals surface area contributed by atoms with Crippen molar-refractivity contribution in [3.05, 3.63) is 48.0 Å². The lowest BCUT2D eigenvalue weighted by molar-refractivity contribution is 0.217. The van der Waals surface area contributed by atoms with Crippen molar-refractivity contribution in [2.45, 2.75) is 49.9 Å². The van der Waals surface area contributed by atoms with Gasteiger partial charge < -0.3 is 13.9 Å². The van der Waals surface area contributed by atoms with Gasteiger partial charge in [-0.25, -0.2) is 0 Å². The van der Waals surface area contributed by atoms with Gasteiger partial charge >= 0.3 is 0 Å². The first kappa shape index (κ1) is 20.0. The molecule has 1 heterocycles. The Bertz CT molecular complexity index is 840. The minimum absolute atomic E-state index is 0.109. The van der Waals surface area contributed by atoms with E-state index >= 15 is 0 Å². The summed E-state index contributed by atoms with van der Waals surface area (Å²) >= 11 is 0. The third-order valence-electron chi connectivity index (χ3n) is 5.40. The molecule has 2 aromatic carbocycles. The molecule has 1 aliphatic heterocycles. The summed E-state index contributed by atoms with van der Waals surface area (Å²) in [6, 6.07) is 13.4. The average molecular weight is 405 g/mol. The van der Waals surface area contributed by atoms with Gasteiger partial charge in [0.2, 0.25) is 8.32 Å². The molecule has 0 saturated heterocycles. The Morgan fingerprint density at radius 3 is 2.30 bits per heavy atom. The van der Waals surface area contributed by atoms with Gasteiger partial charge in [0, 0.05) is 0 Å². The highest BCUT2D eigenvalue weighted by Crippen LogP contribution is 2.40. The minimum Gasteiger partial charge on any atom is -0.543 e. The highest BCUT2D eigenvalue weighted by molar-refractivity contribution is 7.85. The zero-order valence-corrected chi connectivity index (χ0v) is 18.7. The van der Waals surface area contributed by atoms with Crippen molar-refractivity contribution in [3.63, 3.8) is 0 Å².